The standard InChI is InChI=1S/C23H23BN4O2S2/c1-3-29-21(30-4-2)18-13-20(27-22(26-18)31-14-15-8-6-5-7-9-15)28-23-25-17-11-10-16(24)12-19(17)32-23/h5-13,21H,3-4,14H2,1-2H3,(H,25,26,27,28). The third kappa shape index (κ3) is 5.86. The summed E-state index contributed by atoms with van der Waals surface area (Å²) >= 11 is 3.09. The number of aromatic nitrogens is 3. The van der Waals surface area contributed by atoms with Crippen molar-refractivity contribution in [3.63, 3.8) is 0 Å². The van der Waals surface area contributed by atoms with E-state index >= 15 is 0 Å². The van der Waals surface area contributed by atoms with E-state index in [-0.39, 0.29) is 0 Å². The first kappa shape index (κ1) is 22.7. The zero-order valence-corrected chi connectivity index (χ0v) is 19.6. The first-order valence-corrected chi connectivity index (χ1v) is 12.2. The molecule has 1 N–H and O–H groups in total. The third-order valence-electron chi connectivity index (χ3n) is 4.46. The van der Waals surface area contributed by atoms with Gasteiger partial charge in [0.25, 0.3) is 0 Å². The van der Waals surface area contributed by atoms with Crippen molar-refractivity contribution in [3.05, 3.63) is 65.9 Å². The quantitative estimate of drug-likeness (QED) is 0.154. The Labute approximate surface area is 197 Å². The van der Waals surface area contributed by atoms with Crippen molar-refractivity contribution in [2.75, 3.05) is 18.5 Å². The number of nitrogens with zero attached hydrogens (tertiary/aromatic N) is 3. The van der Waals surface area contributed by atoms with Crippen molar-refractivity contribution >= 4 is 57.6 Å². The molecule has 0 amide bonds. The molecule has 0 atom stereocenters. The van der Waals surface area contributed by atoms with E-state index in [9.17, 15) is 0 Å². The zero-order chi connectivity index (χ0) is 22.3. The molecule has 0 unspecified atom stereocenters. The van der Waals surface area contributed by atoms with E-state index in [0.29, 0.717) is 35.3 Å². The summed E-state index contributed by atoms with van der Waals surface area (Å²) in [5, 5.41) is 4.70. The van der Waals surface area contributed by atoms with Crippen LogP contribution in [0.2, 0.25) is 0 Å². The van der Waals surface area contributed by atoms with E-state index in [0.717, 1.165) is 21.1 Å². The highest BCUT2D eigenvalue weighted by Gasteiger charge is 2.17. The molecule has 0 aliphatic rings. The van der Waals surface area contributed by atoms with Gasteiger partial charge in [0.05, 0.1) is 10.2 Å². The van der Waals surface area contributed by atoms with Gasteiger partial charge in [-0.05, 0) is 31.5 Å². The molecule has 2 radical (unpaired) electrons. The van der Waals surface area contributed by atoms with Crippen LogP contribution in [0.3, 0.4) is 0 Å². The number of benzene rings is 2. The van der Waals surface area contributed by atoms with Crippen molar-refractivity contribution < 1.29 is 9.47 Å². The number of thioether (sulfide) groups is 1. The van der Waals surface area contributed by atoms with Crippen LogP contribution in [0.1, 0.15) is 31.4 Å². The lowest BCUT2D eigenvalue weighted by Crippen LogP contribution is -2.12. The van der Waals surface area contributed by atoms with Crippen LogP contribution in [0.4, 0.5) is 10.9 Å². The molecule has 0 saturated carbocycles. The summed E-state index contributed by atoms with van der Waals surface area (Å²) in [6, 6.07) is 17.8. The molecule has 0 bridgehead atoms. The average Bonchev–Trinajstić information content (AvgIpc) is 3.19. The van der Waals surface area contributed by atoms with Crippen LogP contribution in [0.25, 0.3) is 10.2 Å². The predicted octanol–water partition coefficient (Wildman–Crippen LogP) is 4.99. The summed E-state index contributed by atoms with van der Waals surface area (Å²) in [4.78, 5) is 14.1. The van der Waals surface area contributed by atoms with Gasteiger partial charge in [-0.25, -0.2) is 15.0 Å². The molecule has 0 aliphatic carbocycles. The van der Waals surface area contributed by atoms with Gasteiger partial charge in [-0.2, -0.15) is 0 Å². The molecule has 2 heterocycles. The van der Waals surface area contributed by atoms with Crippen LogP contribution in [0.5, 0.6) is 0 Å². The number of hydrogen-bond donors (Lipinski definition) is 1. The molecule has 0 aliphatic heterocycles. The summed E-state index contributed by atoms with van der Waals surface area (Å²) in [6.07, 6.45) is -0.556. The number of rotatable bonds is 10. The lowest BCUT2D eigenvalue weighted by atomic mass is 9.97. The lowest BCUT2D eigenvalue weighted by molar-refractivity contribution is -0.142. The maximum Gasteiger partial charge on any atom is 0.201 e. The van der Waals surface area contributed by atoms with E-state index in [1.807, 2.05) is 56.3 Å². The largest absolute Gasteiger partial charge is 0.347 e. The van der Waals surface area contributed by atoms with Crippen LogP contribution in [-0.4, -0.2) is 36.0 Å². The summed E-state index contributed by atoms with van der Waals surface area (Å²) in [5.74, 6) is 1.40. The Bertz CT molecular complexity index is 1170. The number of fused-ring (bicyclic) bond motifs is 1. The van der Waals surface area contributed by atoms with E-state index in [2.05, 4.69) is 22.4 Å². The Kier molecular flexibility index (Phi) is 7.75. The Balaban J connectivity index is 1.63. The van der Waals surface area contributed by atoms with Crippen LogP contribution in [0.15, 0.2) is 59.8 Å². The second-order valence-corrected chi connectivity index (χ2v) is 8.82. The highest BCUT2D eigenvalue weighted by molar-refractivity contribution is 7.98. The number of anilines is 2. The fourth-order valence-electron chi connectivity index (χ4n) is 3.04. The van der Waals surface area contributed by atoms with E-state index in [1.54, 1.807) is 11.8 Å². The van der Waals surface area contributed by atoms with Gasteiger partial charge in [0.2, 0.25) is 6.29 Å². The normalized spacial score (nSPS) is 11.3. The van der Waals surface area contributed by atoms with Crippen molar-refractivity contribution in [2.45, 2.75) is 31.0 Å². The van der Waals surface area contributed by atoms with Gasteiger partial charge in [-0.3, -0.25) is 0 Å². The van der Waals surface area contributed by atoms with E-state index in [4.69, 9.17) is 27.3 Å². The first-order valence-electron chi connectivity index (χ1n) is 10.4. The monoisotopic (exact) mass is 462 g/mol. The molecule has 2 aromatic carbocycles. The Hall–Kier alpha value is -2.46. The van der Waals surface area contributed by atoms with Crippen molar-refractivity contribution in [2.24, 2.45) is 0 Å². The molecule has 0 spiro atoms. The number of ether oxygens (including phenoxy) is 2. The molecular formula is C23H23BN4O2S2. The molecule has 4 aromatic rings. The smallest absolute Gasteiger partial charge is 0.201 e. The minimum Gasteiger partial charge on any atom is -0.347 e. The highest BCUT2D eigenvalue weighted by atomic mass is 32.2. The van der Waals surface area contributed by atoms with Crippen LogP contribution in [-0.2, 0) is 15.2 Å². The second-order valence-electron chi connectivity index (χ2n) is 6.85. The van der Waals surface area contributed by atoms with Gasteiger partial charge < -0.3 is 14.8 Å². The lowest BCUT2D eigenvalue weighted by Gasteiger charge is -2.17. The first-order chi connectivity index (χ1) is 15.6. The molecular weight excluding hydrogens is 439 g/mol. The van der Waals surface area contributed by atoms with Gasteiger partial charge in [0.15, 0.2) is 10.3 Å². The minimum absolute atomic E-state index is 0.517. The fourth-order valence-corrected chi connectivity index (χ4v) is 4.78. The SMILES string of the molecule is [B]c1ccc2nc(Nc3cc(C(OCC)OCC)nc(SCc4ccccc4)n3)sc2c1. The molecule has 0 saturated heterocycles. The number of hydrogen-bond acceptors (Lipinski definition) is 8. The number of nitrogens with one attached hydrogen (secondary N) is 1. The maximum atomic E-state index is 5.90. The Morgan fingerprint density at radius 3 is 2.53 bits per heavy atom. The second kappa shape index (κ2) is 10.9. The van der Waals surface area contributed by atoms with Gasteiger partial charge in [-0.15, -0.1) is 0 Å². The van der Waals surface area contributed by atoms with Gasteiger partial charge >= 0.3 is 0 Å². The van der Waals surface area contributed by atoms with Crippen molar-refractivity contribution in [1.82, 2.24) is 15.0 Å². The van der Waals surface area contributed by atoms with Gasteiger partial charge in [0, 0.05) is 25.0 Å². The molecule has 4 rings (SSSR count). The molecule has 162 valence electrons. The Morgan fingerprint density at radius 2 is 1.78 bits per heavy atom. The molecule has 32 heavy (non-hydrogen) atoms. The molecule has 0 fully saturated rings. The predicted molar refractivity (Wildman–Crippen MR) is 132 cm³/mol. The average molecular weight is 462 g/mol. The topological polar surface area (TPSA) is 69.2 Å². The van der Waals surface area contributed by atoms with Crippen LogP contribution >= 0.6 is 23.1 Å². The van der Waals surface area contributed by atoms with Crippen LogP contribution in [0, 0.1) is 0 Å². The van der Waals surface area contributed by atoms with E-state index < -0.39 is 6.29 Å². The third-order valence-corrected chi connectivity index (χ3v) is 6.31. The highest BCUT2D eigenvalue weighted by Crippen LogP contribution is 2.30. The van der Waals surface area contributed by atoms with Gasteiger partial charge in [-0.1, -0.05) is 65.0 Å². The molecule has 6 nitrogen and oxygen atoms in total. The summed E-state index contributed by atoms with van der Waals surface area (Å²) in [7, 11) is 5.90. The summed E-state index contributed by atoms with van der Waals surface area (Å²) < 4.78 is 12.6. The molecule has 2 aromatic heterocycles. The Morgan fingerprint density at radius 1 is 1.00 bits per heavy atom. The minimum atomic E-state index is -0.556. The maximum absolute atomic E-state index is 5.90. The van der Waals surface area contributed by atoms with E-state index in [1.165, 1.54) is 16.9 Å². The van der Waals surface area contributed by atoms with Crippen molar-refractivity contribution in [3.8, 4) is 0 Å². The molecule has 9 heteroatoms. The van der Waals surface area contributed by atoms with Crippen molar-refractivity contribution in [1.29, 1.82) is 0 Å². The summed E-state index contributed by atoms with van der Waals surface area (Å²) in [6.45, 7) is 4.90. The summed E-state index contributed by atoms with van der Waals surface area (Å²) in [5.41, 5.74) is 3.48. The van der Waals surface area contributed by atoms with Gasteiger partial charge in [0.1, 0.15) is 19.4 Å². The number of thiazole rings is 1. The van der Waals surface area contributed by atoms with Crippen LogP contribution < -0.4 is 10.8 Å². The zero-order valence-electron chi connectivity index (χ0n) is 17.9. The fraction of sp³-hybridized carbons (Fsp3) is 0.261.